The largest absolute Gasteiger partial charge is 0.361 e. The van der Waals surface area contributed by atoms with Crippen molar-refractivity contribution in [1.82, 2.24) is 5.32 Å². The fourth-order valence-corrected chi connectivity index (χ4v) is 3.47. The monoisotopic (exact) mass is 226 g/mol. The van der Waals surface area contributed by atoms with Crippen LogP contribution in [0.5, 0.6) is 0 Å². The first-order valence-corrected chi connectivity index (χ1v) is 7.18. The highest BCUT2D eigenvalue weighted by Gasteiger charge is 2.23. The van der Waals surface area contributed by atoms with E-state index < -0.39 is 0 Å². The number of rotatable bonds is 3. The number of hydrogen-bond donors (Lipinski definition) is 1. The van der Waals surface area contributed by atoms with Crippen LogP contribution in [-0.2, 0) is 0 Å². The minimum absolute atomic E-state index is 0.636. The van der Waals surface area contributed by atoms with Gasteiger partial charge in [0.15, 0.2) is 5.17 Å². The van der Waals surface area contributed by atoms with Gasteiger partial charge in [-0.15, -0.1) is 0 Å². The first-order chi connectivity index (χ1) is 7.25. The van der Waals surface area contributed by atoms with E-state index in [9.17, 15) is 0 Å². The summed E-state index contributed by atoms with van der Waals surface area (Å²) < 4.78 is 0. The van der Waals surface area contributed by atoms with Gasteiger partial charge in [-0.05, 0) is 24.7 Å². The van der Waals surface area contributed by atoms with E-state index in [-0.39, 0.29) is 0 Å². The third kappa shape index (κ3) is 3.13. The first kappa shape index (κ1) is 11.3. The van der Waals surface area contributed by atoms with Gasteiger partial charge < -0.3 is 5.32 Å². The molecule has 0 spiro atoms. The van der Waals surface area contributed by atoms with Gasteiger partial charge in [0.2, 0.25) is 0 Å². The minimum atomic E-state index is 0.636. The van der Waals surface area contributed by atoms with Crippen LogP contribution in [0.25, 0.3) is 0 Å². The lowest BCUT2D eigenvalue weighted by Crippen LogP contribution is -2.31. The van der Waals surface area contributed by atoms with Crippen LogP contribution in [0.3, 0.4) is 0 Å². The molecule has 1 aliphatic heterocycles. The lowest BCUT2D eigenvalue weighted by Gasteiger charge is -2.13. The van der Waals surface area contributed by atoms with Gasteiger partial charge in [-0.1, -0.05) is 38.5 Å². The fraction of sp³-hybridized carbons (Fsp3) is 0.917. The summed E-state index contributed by atoms with van der Waals surface area (Å²) in [5, 5.41) is 4.72. The average molecular weight is 226 g/mol. The Morgan fingerprint density at radius 3 is 2.73 bits per heavy atom. The van der Waals surface area contributed by atoms with Gasteiger partial charge in [0.1, 0.15) is 0 Å². The molecular formula is C12H22N2S. The van der Waals surface area contributed by atoms with Crippen LogP contribution in [0.4, 0.5) is 0 Å². The minimum Gasteiger partial charge on any atom is -0.361 e. The maximum Gasteiger partial charge on any atom is 0.156 e. The molecule has 0 unspecified atom stereocenters. The number of nitrogens with one attached hydrogen (secondary N) is 1. The van der Waals surface area contributed by atoms with Crippen molar-refractivity contribution in [2.75, 3.05) is 12.3 Å². The van der Waals surface area contributed by atoms with Gasteiger partial charge in [-0.3, -0.25) is 4.99 Å². The van der Waals surface area contributed by atoms with Crippen molar-refractivity contribution >= 4 is 16.9 Å². The average Bonchev–Trinajstić information content (AvgIpc) is 2.86. The second kappa shape index (κ2) is 5.24. The molecular weight excluding hydrogens is 204 g/mol. The van der Waals surface area contributed by atoms with Gasteiger partial charge in [0.05, 0.1) is 0 Å². The van der Waals surface area contributed by atoms with E-state index in [1.54, 1.807) is 0 Å². The van der Waals surface area contributed by atoms with Gasteiger partial charge in [0.25, 0.3) is 0 Å². The van der Waals surface area contributed by atoms with Crippen molar-refractivity contribution in [2.45, 2.75) is 45.6 Å². The van der Waals surface area contributed by atoms with E-state index in [4.69, 9.17) is 4.99 Å². The summed E-state index contributed by atoms with van der Waals surface area (Å²) in [5.74, 6) is 2.79. The highest BCUT2D eigenvalue weighted by molar-refractivity contribution is 8.14. The zero-order valence-electron chi connectivity index (χ0n) is 9.83. The predicted molar refractivity (Wildman–Crippen MR) is 68.5 cm³/mol. The van der Waals surface area contributed by atoms with Gasteiger partial charge in [0, 0.05) is 18.3 Å². The molecule has 2 fully saturated rings. The van der Waals surface area contributed by atoms with Gasteiger partial charge in [-0.25, -0.2) is 0 Å². The Labute approximate surface area is 97.3 Å². The van der Waals surface area contributed by atoms with Crippen LogP contribution in [0.1, 0.15) is 39.5 Å². The van der Waals surface area contributed by atoms with E-state index in [1.165, 1.54) is 36.6 Å². The Kier molecular flexibility index (Phi) is 3.95. The van der Waals surface area contributed by atoms with Crippen LogP contribution in [0.2, 0.25) is 0 Å². The summed E-state index contributed by atoms with van der Waals surface area (Å²) in [4.78, 5) is 4.71. The Balaban J connectivity index is 1.77. The highest BCUT2D eigenvalue weighted by atomic mass is 32.2. The van der Waals surface area contributed by atoms with Crippen LogP contribution in [0.15, 0.2) is 4.99 Å². The Morgan fingerprint density at radius 2 is 2.13 bits per heavy atom. The zero-order valence-corrected chi connectivity index (χ0v) is 10.6. The summed E-state index contributed by atoms with van der Waals surface area (Å²) in [7, 11) is 0. The molecule has 1 aliphatic carbocycles. The summed E-state index contributed by atoms with van der Waals surface area (Å²) in [6, 6.07) is 0.636. The van der Waals surface area contributed by atoms with Crippen LogP contribution >= 0.6 is 11.8 Å². The molecule has 2 aliphatic rings. The standard InChI is InChI=1S/C12H22N2S/c1-9(2)11-8-15-12(14-11)13-7-10-5-3-4-6-10/h9-11H,3-8H2,1-2H3,(H,13,14)/t11-/m1/s1. The van der Waals surface area contributed by atoms with E-state index in [0.717, 1.165) is 18.4 Å². The maximum absolute atomic E-state index is 4.71. The van der Waals surface area contributed by atoms with Crippen molar-refractivity contribution in [3.05, 3.63) is 0 Å². The maximum atomic E-state index is 4.71. The lowest BCUT2D eigenvalue weighted by atomic mass is 10.1. The van der Waals surface area contributed by atoms with Crippen molar-refractivity contribution in [3.8, 4) is 0 Å². The summed E-state index contributed by atoms with van der Waals surface area (Å²) in [6.45, 7) is 5.61. The molecule has 3 heteroatoms. The lowest BCUT2D eigenvalue weighted by molar-refractivity contribution is 0.501. The second-order valence-electron chi connectivity index (χ2n) is 5.10. The molecule has 0 bridgehead atoms. The fourth-order valence-electron chi connectivity index (χ4n) is 2.27. The number of aliphatic imine (C=N–C) groups is 1. The number of nitrogens with zero attached hydrogens (tertiary/aromatic N) is 1. The van der Waals surface area contributed by atoms with Crippen molar-refractivity contribution in [2.24, 2.45) is 16.8 Å². The molecule has 2 rings (SSSR count). The first-order valence-electron chi connectivity index (χ1n) is 6.19. The van der Waals surface area contributed by atoms with Crippen molar-refractivity contribution in [1.29, 1.82) is 0 Å². The normalized spacial score (nSPS) is 30.3. The smallest absolute Gasteiger partial charge is 0.156 e. The Bertz CT molecular complexity index is 232. The van der Waals surface area contributed by atoms with Crippen molar-refractivity contribution in [3.63, 3.8) is 0 Å². The summed E-state index contributed by atoms with van der Waals surface area (Å²) in [6.07, 6.45) is 5.64. The van der Waals surface area contributed by atoms with E-state index in [1.807, 2.05) is 11.8 Å². The van der Waals surface area contributed by atoms with Crippen LogP contribution in [0, 0.1) is 11.8 Å². The molecule has 1 atom stereocenters. The molecule has 1 heterocycles. The molecule has 0 aromatic heterocycles. The molecule has 0 aromatic carbocycles. The second-order valence-corrected chi connectivity index (χ2v) is 6.11. The molecule has 0 aromatic rings. The van der Waals surface area contributed by atoms with E-state index >= 15 is 0 Å². The number of thioether (sulfide) groups is 1. The Hall–Kier alpha value is -0.180. The van der Waals surface area contributed by atoms with Crippen LogP contribution < -0.4 is 5.32 Å². The summed E-state index contributed by atoms with van der Waals surface area (Å²) >= 11 is 1.90. The number of hydrogen-bond acceptors (Lipinski definition) is 2. The quantitative estimate of drug-likeness (QED) is 0.800. The number of amidine groups is 1. The topological polar surface area (TPSA) is 24.4 Å². The molecule has 2 nitrogen and oxygen atoms in total. The van der Waals surface area contributed by atoms with Gasteiger partial charge in [-0.2, -0.15) is 0 Å². The van der Waals surface area contributed by atoms with E-state index in [2.05, 4.69) is 19.2 Å². The van der Waals surface area contributed by atoms with E-state index in [0.29, 0.717) is 6.04 Å². The third-order valence-corrected chi connectivity index (χ3v) is 4.53. The zero-order chi connectivity index (χ0) is 10.7. The SMILES string of the molecule is CC(C)[C@H]1CSC(=NCC2CCCC2)N1. The highest BCUT2D eigenvalue weighted by Crippen LogP contribution is 2.26. The Morgan fingerprint density at radius 1 is 1.40 bits per heavy atom. The predicted octanol–water partition coefficient (Wildman–Crippen LogP) is 2.89. The molecule has 1 saturated carbocycles. The van der Waals surface area contributed by atoms with Crippen LogP contribution in [-0.4, -0.2) is 23.5 Å². The molecule has 0 amide bonds. The molecule has 0 radical (unpaired) electrons. The van der Waals surface area contributed by atoms with Gasteiger partial charge >= 0.3 is 0 Å². The molecule has 15 heavy (non-hydrogen) atoms. The third-order valence-electron chi connectivity index (χ3n) is 3.48. The summed E-state index contributed by atoms with van der Waals surface area (Å²) in [5.41, 5.74) is 0. The molecule has 1 N–H and O–H groups in total. The molecule has 1 saturated heterocycles. The molecule has 86 valence electrons. The van der Waals surface area contributed by atoms with Crippen molar-refractivity contribution < 1.29 is 0 Å².